The highest BCUT2D eigenvalue weighted by Gasteiger charge is 2.30. The van der Waals surface area contributed by atoms with Crippen LogP contribution in [-0.2, 0) is 17.4 Å². The molecule has 0 aliphatic carbocycles. The zero-order valence-electron chi connectivity index (χ0n) is 15.0. The van der Waals surface area contributed by atoms with E-state index in [0.717, 1.165) is 17.7 Å². The lowest BCUT2D eigenvalue weighted by atomic mass is 10.1. The molecule has 0 saturated heterocycles. The van der Waals surface area contributed by atoms with Crippen LogP contribution in [0.15, 0.2) is 42.5 Å². The molecule has 146 valence electrons. The fourth-order valence-electron chi connectivity index (χ4n) is 2.45. The zero-order chi connectivity index (χ0) is 19.9. The molecular weight excluding hydrogens is 361 g/mol. The lowest BCUT2D eigenvalue weighted by Gasteiger charge is -2.12. The topological polar surface area (TPSA) is 59.6 Å². The van der Waals surface area contributed by atoms with Crippen LogP contribution in [0.25, 0.3) is 0 Å². The van der Waals surface area contributed by atoms with E-state index in [4.69, 9.17) is 9.47 Å². The highest BCUT2D eigenvalue weighted by Crippen LogP contribution is 2.30. The van der Waals surface area contributed by atoms with Crippen LogP contribution in [0.2, 0.25) is 0 Å². The molecular formula is C19H21F3N2O3. The lowest BCUT2D eigenvalue weighted by Crippen LogP contribution is -2.31. The molecule has 0 saturated carbocycles. The van der Waals surface area contributed by atoms with Gasteiger partial charge in [0.05, 0.1) is 26.3 Å². The maximum atomic E-state index is 12.7. The molecule has 2 rings (SSSR count). The van der Waals surface area contributed by atoms with Crippen LogP contribution in [0.1, 0.15) is 11.1 Å². The number of benzene rings is 2. The molecule has 0 bridgehead atoms. The standard InChI is InChI=1S/C19H21F3N2O3/c1-26-16-7-6-13(17(11-16)27-2)8-9-23-18(25)12-24-15-5-3-4-14(10-15)19(20,21)22/h3-7,10-11,24H,8-9,12H2,1-2H3,(H,23,25). The summed E-state index contributed by atoms with van der Waals surface area (Å²) in [6.45, 7) is 0.243. The van der Waals surface area contributed by atoms with Crippen molar-refractivity contribution in [2.75, 3.05) is 32.6 Å². The van der Waals surface area contributed by atoms with Crippen LogP contribution in [0, 0.1) is 0 Å². The van der Waals surface area contributed by atoms with Crippen LogP contribution < -0.4 is 20.1 Å². The Hall–Kier alpha value is -2.90. The zero-order valence-corrected chi connectivity index (χ0v) is 15.0. The van der Waals surface area contributed by atoms with Crippen LogP contribution in [0.4, 0.5) is 18.9 Å². The number of anilines is 1. The van der Waals surface area contributed by atoms with Crippen molar-refractivity contribution >= 4 is 11.6 Å². The second-order valence-corrected chi connectivity index (χ2v) is 5.71. The van der Waals surface area contributed by atoms with Gasteiger partial charge in [-0.2, -0.15) is 13.2 Å². The van der Waals surface area contributed by atoms with Crippen molar-refractivity contribution in [2.45, 2.75) is 12.6 Å². The summed E-state index contributed by atoms with van der Waals surface area (Å²) in [5.41, 5.74) is 0.376. The minimum Gasteiger partial charge on any atom is -0.497 e. The van der Waals surface area contributed by atoms with E-state index in [9.17, 15) is 18.0 Å². The van der Waals surface area contributed by atoms with E-state index in [1.54, 1.807) is 26.4 Å². The van der Waals surface area contributed by atoms with Crippen molar-refractivity contribution in [2.24, 2.45) is 0 Å². The molecule has 0 heterocycles. The minimum atomic E-state index is -4.42. The average Bonchev–Trinajstić information content (AvgIpc) is 2.66. The molecule has 0 aliphatic rings. The van der Waals surface area contributed by atoms with Crippen LogP contribution in [-0.4, -0.2) is 33.2 Å². The van der Waals surface area contributed by atoms with Crippen molar-refractivity contribution in [3.05, 3.63) is 53.6 Å². The second-order valence-electron chi connectivity index (χ2n) is 5.71. The largest absolute Gasteiger partial charge is 0.497 e. The first-order valence-electron chi connectivity index (χ1n) is 8.22. The Kier molecular flexibility index (Phi) is 6.92. The van der Waals surface area contributed by atoms with Gasteiger partial charge in [0.25, 0.3) is 0 Å². The third kappa shape index (κ3) is 6.09. The summed E-state index contributed by atoms with van der Waals surface area (Å²) in [5.74, 6) is 1.01. The predicted molar refractivity (Wildman–Crippen MR) is 96.2 cm³/mol. The monoisotopic (exact) mass is 382 g/mol. The molecule has 0 radical (unpaired) electrons. The number of methoxy groups -OCH3 is 2. The van der Waals surface area contributed by atoms with E-state index in [-0.39, 0.29) is 18.1 Å². The molecule has 0 aromatic heterocycles. The number of alkyl halides is 3. The molecule has 0 unspecified atom stereocenters. The SMILES string of the molecule is COc1ccc(CCNC(=O)CNc2cccc(C(F)(F)F)c2)c(OC)c1. The van der Waals surface area contributed by atoms with Crippen LogP contribution in [0.5, 0.6) is 11.5 Å². The molecule has 0 fully saturated rings. The number of nitrogens with one attached hydrogen (secondary N) is 2. The summed E-state index contributed by atoms with van der Waals surface area (Å²) in [4.78, 5) is 11.9. The van der Waals surface area contributed by atoms with Crippen molar-refractivity contribution in [3.8, 4) is 11.5 Å². The van der Waals surface area contributed by atoms with Gasteiger partial charge in [-0.25, -0.2) is 0 Å². The summed E-state index contributed by atoms with van der Waals surface area (Å²) in [7, 11) is 3.11. The Morgan fingerprint density at radius 2 is 1.85 bits per heavy atom. The number of carbonyl (C=O) groups is 1. The summed E-state index contributed by atoms with van der Waals surface area (Å²) >= 11 is 0. The number of ether oxygens (including phenoxy) is 2. The molecule has 0 spiro atoms. The number of rotatable bonds is 8. The molecule has 2 aromatic rings. The van der Waals surface area contributed by atoms with Crippen molar-refractivity contribution in [1.82, 2.24) is 5.32 Å². The highest BCUT2D eigenvalue weighted by atomic mass is 19.4. The van der Waals surface area contributed by atoms with Gasteiger partial charge in [-0.05, 0) is 36.2 Å². The van der Waals surface area contributed by atoms with Crippen molar-refractivity contribution in [1.29, 1.82) is 0 Å². The Balaban J connectivity index is 1.82. The average molecular weight is 382 g/mol. The Morgan fingerprint density at radius 1 is 1.07 bits per heavy atom. The minimum absolute atomic E-state index is 0.124. The second kappa shape index (κ2) is 9.16. The normalized spacial score (nSPS) is 11.0. The van der Waals surface area contributed by atoms with Gasteiger partial charge in [-0.3, -0.25) is 4.79 Å². The van der Waals surface area contributed by atoms with Gasteiger partial charge >= 0.3 is 6.18 Å². The first-order chi connectivity index (χ1) is 12.8. The Morgan fingerprint density at radius 3 is 2.52 bits per heavy atom. The molecule has 5 nitrogen and oxygen atoms in total. The van der Waals surface area contributed by atoms with Gasteiger partial charge in [0.2, 0.25) is 5.91 Å². The molecule has 8 heteroatoms. The molecule has 0 atom stereocenters. The molecule has 1 amide bonds. The fraction of sp³-hybridized carbons (Fsp3) is 0.316. The van der Waals surface area contributed by atoms with E-state index in [1.807, 2.05) is 6.07 Å². The predicted octanol–water partition coefficient (Wildman–Crippen LogP) is 3.49. The number of halogens is 3. The first-order valence-corrected chi connectivity index (χ1v) is 8.22. The molecule has 0 aliphatic heterocycles. The van der Waals surface area contributed by atoms with E-state index >= 15 is 0 Å². The molecule has 2 N–H and O–H groups in total. The van der Waals surface area contributed by atoms with Crippen molar-refractivity contribution < 1.29 is 27.4 Å². The maximum absolute atomic E-state index is 12.7. The van der Waals surface area contributed by atoms with Gasteiger partial charge < -0.3 is 20.1 Å². The van der Waals surface area contributed by atoms with Gasteiger partial charge in [0.1, 0.15) is 11.5 Å². The van der Waals surface area contributed by atoms with E-state index in [2.05, 4.69) is 10.6 Å². The quantitative estimate of drug-likeness (QED) is 0.734. The van der Waals surface area contributed by atoms with E-state index in [0.29, 0.717) is 24.5 Å². The molecule has 2 aromatic carbocycles. The number of hydrogen-bond acceptors (Lipinski definition) is 4. The smallest absolute Gasteiger partial charge is 0.416 e. The summed E-state index contributed by atoms with van der Waals surface area (Å²) < 4.78 is 48.5. The number of hydrogen-bond donors (Lipinski definition) is 2. The molecule has 27 heavy (non-hydrogen) atoms. The lowest BCUT2D eigenvalue weighted by molar-refractivity contribution is -0.137. The van der Waals surface area contributed by atoms with Gasteiger partial charge in [-0.15, -0.1) is 0 Å². The summed E-state index contributed by atoms with van der Waals surface area (Å²) in [6.07, 6.45) is -3.88. The number of amides is 1. The Labute approximate surface area is 155 Å². The first kappa shape index (κ1) is 20.4. The van der Waals surface area contributed by atoms with E-state index in [1.165, 1.54) is 12.1 Å². The van der Waals surface area contributed by atoms with Crippen LogP contribution >= 0.6 is 0 Å². The maximum Gasteiger partial charge on any atom is 0.416 e. The Bertz CT molecular complexity index is 779. The van der Waals surface area contributed by atoms with Gasteiger partial charge in [0, 0.05) is 18.3 Å². The summed E-state index contributed by atoms with van der Waals surface area (Å²) in [5, 5.41) is 5.41. The van der Waals surface area contributed by atoms with Crippen LogP contribution in [0.3, 0.4) is 0 Å². The van der Waals surface area contributed by atoms with Gasteiger partial charge in [0.15, 0.2) is 0 Å². The summed E-state index contributed by atoms with van der Waals surface area (Å²) in [6, 6.07) is 10.1. The van der Waals surface area contributed by atoms with Crippen molar-refractivity contribution in [3.63, 3.8) is 0 Å². The van der Waals surface area contributed by atoms with Gasteiger partial charge in [-0.1, -0.05) is 12.1 Å². The number of carbonyl (C=O) groups excluding carboxylic acids is 1. The third-order valence-corrected chi connectivity index (χ3v) is 3.85. The highest BCUT2D eigenvalue weighted by molar-refractivity contribution is 5.80. The van der Waals surface area contributed by atoms with E-state index < -0.39 is 11.7 Å². The third-order valence-electron chi connectivity index (χ3n) is 3.85. The fourth-order valence-corrected chi connectivity index (χ4v) is 2.45.